The summed E-state index contributed by atoms with van der Waals surface area (Å²) >= 11 is 1.82. The molecule has 1 aromatic carbocycles. The summed E-state index contributed by atoms with van der Waals surface area (Å²) in [5, 5.41) is 10.4. The van der Waals surface area contributed by atoms with Crippen molar-refractivity contribution in [3.63, 3.8) is 0 Å². The van der Waals surface area contributed by atoms with Crippen molar-refractivity contribution < 1.29 is 14.6 Å². The van der Waals surface area contributed by atoms with Gasteiger partial charge in [0, 0.05) is 29.3 Å². The average molecular weight is 374 g/mol. The highest BCUT2D eigenvalue weighted by Crippen LogP contribution is 2.32. The summed E-state index contributed by atoms with van der Waals surface area (Å²) in [6, 6.07) is 7.86. The number of carbonyl (C=O) groups excluding carboxylic acids is 1. The van der Waals surface area contributed by atoms with Gasteiger partial charge < -0.3 is 14.6 Å². The Bertz CT molecular complexity index is 691. The lowest BCUT2D eigenvalue weighted by Crippen LogP contribution is -2.03. The van der Waals surface area contributed by atoms with E-state index < -0.39 is 0 Å². The number of ether oxygens (including phenoxy) is 1. The molecule has 2 rings (SSSR count). The number of unbranched alkanes of at least 4 members (excludes halogenated alkanes) is 1. The number of phenolic OH excluding ortho intramolecular Hbond substituents is 1. The first-order chi connectivity index (χ1) is 12.6. The van der Waals surface area contributed by atoms with E-state index in [2.05, 4.69) is 4.98 Å². The van der Waals surface area contributed by atoms with Crippen LogP contribution in [0.5, 0.6) is 11.5 Å². The number of aromatic nitrogens is 1. The molecule has 1 aromatic heterocycles. The van der Waals surface area contributed by atoms with Gasteiger partial charge in [0.15, 0.2) is 0 Å². The summed E-state index contributed by atoms with van der Waals surface area (Å²) in [7, 11) is 0. The van der Waals surface area contributed by atoms with Gasteiger partial charge >= 0.3 is 0 Å². The van der Waals surface area contributed by atoms with Gasteiger partial charge in [-0.25, -0.2) is 0 Å². The second-order valence-electron chi connectivity index (χ2n) is 6.50. The fraction of sp³-hybridized carbons (Fsp3) is 0.429. The molecule has 0 bridgehead atoms. The molecule has 0 aliphatic carbocycles. The van der Waals surface area contributed by atoms with E-state index in [1.807, 2.05) is 62.3 Å². The third-order valence-electron chi connectivity index (χ3n) is 4.25. The van der Waals surface area contributed by atoms with Crippen molar-refractivity contribution >= 4 is 18.0 Å². The lowest BCUT2D eigenvalue weighted by molar-refractivity contribution is -0.108. The van der Waals surface area contributed by atoms with Gasteiger partial charge in [0.05, 0.1) is 6.61 Å². The molecule has 0 radical (unpaired) electrons. The van der Waals surface area contributed by atoms with E-state index >= 15 is 0 Å². The van der Waals surface area contributed by atoms with Crippen molar-refractivity contribution in [2.24, 2.45) is 5.92 Å². The molecule has 0 saturated heterocycles. The number of carbonyl (C=O) groups is 1. The Morgan fingerprint density at radius 3 is 2.73 bits per heavy atom. The third-order valence-corrected chi connectivity index (χ3v) is 5.34. The van der Waals surface area contributed by atoms with E-state index in [0.29, 0.717) is 19.4 Å². The fourth-order valence-corrected chi connectivity index (χ4v) is 3.59. The van der Waals surface area contributed by atoms with Gasteiger partial charge in [0.1, 0.15) is 17.8 Å². The van der Waals surface area contributed by atoms with E-state index in [9.17, 15) is 9.90 Å². The number of benzene rings is 1. The van der Waals surface area contributed by atoms with Crippen LogP contribution in [0.2, 0.25) is 0 Å². The number of thioether (sulfide) groups is 1. The Kier molecular flexibility index (Phi) is 8.48. The maximum Gasteiger partial charge on any atom is 0.125 e. The monoisotopic (exact) mass is 373 g/mol. The Labute approximate surface area is 160 Å². The lowest BCUT2D eigenvalue weighted by Gasteiger charge is -2.15. The highest BCUT2D eigenvalue weighted by atomic mass is 32.2. The number of aromatic hydroxyl groups is 1. The minimum atomic E-state index is 0.225. The Morgan fingerprint density at radius 2 is 2.00 bits per heavy atom. The second-order valence-corrected chi connectivity index (χ2v) is 7.66. The number of nitrogens with zero attached hydrogens (tertiary/aromatic N) is 1. The molecular weight excluding hydrogens is 346 g/mol. The van der Waals surface area contributed by atoms with Crippen LogP contribution < -0.4 is 4.74 Å². The molecule has 140 valence electrons. The molecular formula is C21H27NO3S. The fourth-order valence-electron chi connectivity index (χ4n) is 2.69. The maximum absolute atomic E-state index is 10.6. The molecule has 0 saturated carbocycles. The molecule has 0 spiro atoms. The zero-order valence-corrected chi connectivity index (χ0v) is 16.3. The molecule has 26 heavy (non-hydrogen) atoms. The van der Waals surface area contributed by atoms with Gasteiger partial charge in [-0.2, -0.15) is 0 Å². The van der Waals surface area contributed by atoms with Gasteiger partial charge in [0.25, 0.3) is 0 Å². The quantitative estimate of drug-likeness (QED) is 0.348. The van der Waals surface area contributed by atoms with Crippen LogP contribution >= 0.6 is 11.8 Å². The van der Waals surface area contributed by atoms with E-state index in [1.165, 1.54) is 4.90 Å². The molecule has 0 fully saturated rings. The Balaban J connectivity index is 1.75. The summed E-state index contributed by atoms with van der Waals surface area (Å²) in [4.78, 5) is 15.8. The number of rotatable bonds is 11. The minimum absolute atomic E-state index is 0.225. The normalized spacial score (nSPS) is 11.9. The second kappa shape index (κ2) is 10.9. The number of pyridine rings is 1. The molecule has 0 amide bonds. The summed E-state index contributed by atoms with van der Waals surface area (Å²) in [5.74, 6) is 2.29. The first-order valence-electron chi connectivity index (χ1n) is 9.02. The summed E-state index contributed by atoms with van der Waals surface area (Å²) in [6.07, 6.45) is 7.79. The number of phenols is 1. The molecule has 0 aliphatic heterocycles. The SMILES string of the molecule is Cc1c(OCCCCSc2ccncc2)ccc(CC(C)CC=O)c1O. The van der Waals surface area contributed by atoms with Crippen molar-refractivity contribution in [2.75, 3.05) is 12.4 Å². The topological polar surface area (TPSA) is 59.4 Å². The van der Waals surface area contributed by atoms with Crippen molar-refractivity contribution in [2.45, 2.75) is 44.4 Å². The largest absolute Gasteiger partial charge is 0.507 e. The van der Waals surface area contributed by atoms with E-state index in [1.54, 1.807) is 0 Å². The Hall–Kier alpha value is -2.01. The molecule has 5 heteroatoms. The van der Waals surface area contributed by atoms with Crippen LogP contribution in [0, 0.1) is 12.8 Å². The minimum Gasteiger partial charge on any atom is -0.507 e. The first kappa shape index (κ1) is 20.3. The highest BCUT2D eigenvalue weighted by molar-refractivity contribution is 7.99. The zero-order chi connectivity index (χ0) is 18.8. The van der Waals surface area contributed by atoms with E-state index in [4.69, 9.17) is 4.74 Å². The predicted octanol–water partition coefficient (Wildman–Crippen LogP) is 4.81. The van der Waals surface area contributed by atoms with Gasteiger partial charge in [0.2, 0.25) is 0 Å². The van der Waals surface area contributed by atoms with Gasteiger partial charge in [-0.15, -0.1) is 11.8 Å². The van der Waals surface area contributed by atoms with Crippen molar-refractivity contribution in [1.29, 1.82) is 0 Å². The van der Waals surface area contributed by atoms with Gasteiger partial charge in [-0.05, 0) is 61.6 Å². The number of hydrogen-bond donors (Lipinski definition) is 1. The van der Waals surface area contributed by atoms with E-state index in [-0.39, 0.29) is 11.7 Å². The van der Waals surface area contributed by atoms with Crippen LogP contribution in [0.1, 0.15) is 37.3 Å². The zero-order valence-electron chi connectivity index (χ0n) is 15.5. The first-order valence-corrected chi connectivity index (χ1v) is 10.0. The summed E-state index contributed by atoms with van der Waals surface area (Å²) < 4.78 is 5.84. The van der Waals surface area contributed by atoms with Crippen LogP contribution in [0.15, 0.2) is 41.6 Å². The maximum atomic E-state index is 10.6. The van der Waals surface area contributed by atoms with E-state index in [0.717, 1.165) is 41.8 Å². The van der Waals surface area contributed by atoms with Crippen molar-refractivity contribution in [3.8, 4) is 11.5 Å². The number of aldehydes is 1. The lowest BCUT2D eigenvalue weighted by atomic mass is 9.96. The van der Waals surface area contributed by atoms with Crippen LogP contribution in [0.4, 0.5) is 0 Å². The van der Waals surface area contributed by atoms with Gasteiger partial charge in [-0.1, -0.05) is 13.0 Å². The third kappa shape index (κ3) is 6.37. The summed E-state index contributed by atoms with van der Waals surface area (Å²) in [5.41, 5.74) is 1.64. The molecule has 1 atom stereocenters. The number of hydrogen-bond acceptors (Lipinski definition) is 5. The molecule has 1 unspecified atom stereocenters. The van der Waals surface area contributed by atoms with Crippen LogP contribution in [-0.4, -0.2) is 28.7 Å². The molecule has 1 heterocycles. The summed E-state index contributed by atoms with van der Waals surface area (Å²) in [6.45, 7) is 4.52. The Morgan fingerprint density at radius 1 is 1.23 bits per heavy atom. The van der Waals surface area contributed by atoms with Crippen LogP contribution in [-0.2, 0) is 11.2 Å². The standard InChI is InChI=1S/C21H27NO3S/c1-16(9-12-23)15-18-5-6-20(17(2)21(18)24)25-13-3-4-14-26-19-7-10-22-11-8-19/h5-8,10-12,16,24H,3-4,9,13-15H2,1-2H3. The smallest absolute Gasteiger partial charge is 0.125 e. The van der Waals surface area contributed by atoms with Gasteiger partial charge in [-0.3, -0.25) is 4.98 Å². The average Bonchev–Trinajstić information content (AvgIpc) is 2.64. The molecule has 2 aromatic rings. The van der Waals surface area contributed by atoms with Crippen LogP contribution in [0.25, 0.3) is 0 Å². The predicted molar refractivity (Wildman–Crippen MR) is 106 cm³/mol. The van der Waals surface area contributed by atoms with Crippen LogP contribution in [0.3, 0.4) is 0 Å². The molecule has 4 nitrogen and oxygen atoms in total. The van der Waals surface area contributed by atoms with Crippen molar-refractivity contribution in [3.05, 3.63) is 47.8 Å². The molecule has 0 aliphatic rings. The molecule has 1 N–H and O–H groups in total. The van der Waals surface area contributed by atoms with Crippen molar-refractivity contribution in [1.82, 2.24) is 4.98 Å². The highest BCUT2D eigenvalue weighted by Gasteiger charge is 2.12.